The number of nitrogens with two attached hydrogens (primary N) is 1. The van der Waals surface area contributed by atoms with Crippen molar-refractivity contribution in [3.05, 3.63) is 34.2 Å². The van der Waals surface area contributed by atoms with Gasteiger partial charge in [-0.25, -0.2) is 9.78 Å². The van der Waals surface area contributed by atoms with Gasteiger partial charge in [0.2, 0.25) is 0 Å². The number of rotatable bonds is 3. The first-order valence-electron chi connectivity index (χ1n) is 6.05. The molecule has 0 radical (unpaired) electrons. The average molecular weight is 261 g/mol. The molecule has 2 rings (SSSR count). The smallest absolute Gasteiger partial charge is 0.345 e. The number of esters is 1. The highest BCUT2D eigenvalue weighted by Crippen LogP contribution is 2.21. The van der Waals surface area contributed by atoms with E-state index in [9.17, 15) is 9.59 Å². The van der Waals surface area contributed by atoms with Crippen LogP contribution >= 0.6 is 0 Å². The van der Waals surface area contributed by atoms with Crippen molar-refractivity contribution in [3.63, 3.8) is 0 Å². The van der Waals surface area contributed by atoms with Crippen molar-refractivity contribution in [2.45, 2.75) is 20.4 Å². The second kappa shape index (κ2) is 5.09. The summed E-state index contributed by atoms with van der Waals surface area (Å²) in [6.07, 6.45) is 1.58. The lowest BCUT2D eigenvalue weighted by atomic mass is 10.1. The van der Waals surface area contributed by atoms with Gasteiger partial charge in [-0.1, -0.05) is 0 Å². The summed E-state index contributed by atoms with van der Waals surface area (Å²) in [5.74, 6) is -0.696. The summed E-state index contributed by atoms with van der Waals surface area (Å²) in [5, 5.41) is 0.576. The van der Waals surface area contributed by atoms with Crippen molar-refractivity contribution in [3.8, 4) is 0 Å². The fourth-order valence-electron chi connectivity index (χ4n) is 2.00. The summed E-state index contributed by atoms with van der Waals surface area (Å²) in [4.78, 5) is 28.3. The Morgan fingerprint density at radius 2 is 2.21 bits per heavy atom. The highest BCUT2D eigenvalue weighted by atomic mass is 16.5. The summed E-state index contributed by atoms with van der Waals surface area (Å²) >= 11 is 0. The third-order valence-corrected chi connectivity index (χ3v) is 2.86. The molecule has 0 fully saturated rings. The van der Waals surface area contributed by atoms with Crippen molar-refractivity contribution in [1.29, 1.82) is 0 Å². The van der Waals surface area contributed by atoms with Crippen LogP contribution in [-0.4, -0.2) is 22.1 Å². The lowest BCUT2D eigenvalue weighted by Crippen LogP contribution is -2.29. The van der Waals surface area contributed by atoms with E-state index in [-0.39, 0.29) is 17.9 Å². The van der Waals surface area contributed by atoms with Gasteiger partial charge in [-0.15, -0.1) is 0 Å². The highest BCUT2D eigenvalue weighted by molar-refractivity contribution is 6.03. The van der Waals surface area contributed by atoms with E-state index in [2.05, 4.69) is 4.98 Å². The van der Waals surface area contributed by atoms with E-state index in [0.717, 1.165) is 0 Å². The Hall–Kier alpha value is -2.37. The van der Waals surface area contributed by atoms with Gasteiger partial charge in [0.25, 0.3) is 5.56 Å². The molecule has 6 nitrogen and oxygen atoms in total. The normalized spacial score (nSPS) is 10.6. The van der Waals surface area contributed by atoms with Crippen LogP contribution in [0.4, 0.5) is 5.69 Å². The Kier molecular flexibility index (Phi) is 3.50. The van der Waals surface area contributed by atoms with Gasteiger partial charge in [0.1, 0.15) is 11.2 Å². The number of hydrogen-bond donors (Lipinski definition) is 1. The average Bonchev–Trinajstić information content (AvgIpc) is 2.40. The van der Waals surface area contributed by atoms with Crippen LogP contribution in [0.1, 0.15) is 24.2 Å². The molecule has 0 bridgehead atoms. The molecular weight excluding hydrogens is 246 g/mol. The van der Waals surface area contributed by atoms with Crippen LogP contribution in [-0.2, 0) is 11.3 Å². The van der Waals surface area contributed by atoms with Gasteiger partial charge in [0.15, 0.2) is 0 Å². The monoisotopic (exact) mass is 261 g/mol. The van der Waals surface area contributed by atoms with Crippen molar-refractivity contribution in [2.24, 2.45) is 0 Å². The largest absolute Gasteiger partial charge is 0.462 e. The summed E-state index contributed by atoms with van der Waals surface area (Å²) in [7, 11) is 0. The number of aromatic nitrogens is 2. The van der Waals surface area contributed by atoms with Crippen molar-refractivity contribution >= 4 is 22.7 Å². The Bertz CT molecular complexity index is 691. The van der Waals surface area contributed by atoms with E-state index < -0.39 is 11.5 Å². The number of hydrogen-bond acceptors (Lipinski definition) is 5. The van der Waals surface area contributed by atoms with Gasteiger partial charge in [0.05, 0.1) is 12.3 Å². The number of nitrogen functional groups attached to an aromatic ring is 1. The molecule has 0 saturated heterocycles. The van der Waals surface area contributed by atoms with Crippen LogP contribution in [0.25, 0.3) is 11.0 Å². The highest BCUT2D eigenvalue weighted by Gasteiger charge is 2.21. The molecule has 0 aliphatic rings. The molecule has 0 atom stereocenters. The number of ether oxygens (including phenoxy) is 1. The lowest BCUT2D eigenvalue weighted by molar-refractivity contribution is 0.0525. The minimum atomic E-state index is -0.696. The minimum Gasteiger partial charge on any atom is -0.462 e. The standard InChI is InChI=1S/C13H15N3O3/c1-3-16-11-8(6-5-7-15-11)10(14)9(12(16)17)13(18)19-4-2/h5-7H,3-4,14H2,1-2H3. The number of carbonyl (C=O) groups is 1. The van der Waals surface area contributed by atoms with Gasteiger partial charge < -0.3 is 10.5 Å². The van der Waals surface area contributed by atoms with Crippen LogP contribution in [0.15, 0.2) is 23.1 Å². The first kappa shape index (κ1) is 13.1. The van der Waals surface area contributed by atoms with Crippen LogP contribution < -0.4 is 11.3 Å². The molecule has 2 aromatic heterocycles. The quantitative estimate of drug-likeness (QED) is 0.838. The van der Waals surface area contributed by atoms with Gasteiger partial charge in [-0.05, 0) is 26.0 Å². The van der Waals surface area contributed by atoms with Crippen molar-refractivity contribution < 1.29 is 9.53 Å². The van der Waals surface area contributed by atoms with Gasteiger partial charge in [0, 0.05) is 18.1 Å². The van der Waals surface area contributed by atoms with Crippen LogP contribution in [0.3, 0.4) is 0 Å². The molecule has 0 aliphatic heterocycles. The van der Waals surface area contributed by atoms with Crippen molar-refractivity contribution in [1.82, 2.24) is 9.55 Å². The van der Waals surface area contributed by atoms with Gasteiger partial charge in [-0.3, -0.25) is 9.36 Å². The zero-order valence-corrected chi connectivity index (χ0v) is 10.8. The predicted molar refractivity (Wildman–Crippen MR) is 72.0 cm³/mol. The number of carbonyl (C=O) groups excluding carboxylic acids is 1. The summed E-state index contributed by atoms with van der Waals surface area (Å²) in [6, 6.07) is 3.43. The molecule has 2 heterocycles. The molecule has 19 heavy (non-hydrogen) atoms. The molecule has 0 unspecified atom stereocenters. The minimum absolute atomic E-state index is 0.121. The van der Waals surface area contributed by atoms with Crippen LogP contribution in [0.5, 0.6) is 0 Å². The Labute approximate surface area is 109 Å². The fourth-order valence-corrected chi connectivity index (χ4v) is 2.00. The van der Waals surface area contributed by atoms with E-state index in [0.29, 0.717) is 17.6 Å². The fraction of sp³-hybridized carbons (Fsp3) is 0.308. The lowest BCUT2D eigenvalue weighted by Gasteiger charge is -2.12. The van der Waals surface area contributed by atoms with E-state index in [1.807, 2.05) is 0 Å². The third kappa shape index (κ3) is 2.05. The Morgan fingerprint density at radius 1 is 1.47 bits per heavy atom. The van der Waals surface area contributed by atoms with Crippen molar-refractivity contribution in [2.75, 3.05) is 12.3 Å². The molecule has 100 valence electrons. The molecule has 0 amide bonds. The van der Waals surface area contributed by atoms with Gasteiger partial charge >= 0.3 is 5.97 Å². The number of anilines is 1. The van der Waals surface area contributed by atoms with E-state index in [1.54, 1.807) is 32.2 Å². The Morgan fingerprint density at radius 3 is 2.84 bits per heavy atom. The second-order valence-electron chi connectivity index (χ2n) is 3.93. The Balaban J connectivity index is 2.85. The molecule has 2 N–H and O–H groups in total. The van der Waals surface area contributed by atoms with Gasteiger partial charge in [-0.2, -0.15) is 0 Å². The summed E-state index contributed by atoms with van der Waals surface area (Å²) < 4.78 is 6.30. The topological polar surface area (TPSA) is 87.2 Å². The molecule has 0 saturated carbocycles. The molecule has 2 aromatic rings. The molecule has 0 aliphatic carbocycles. The second-order valence-corrected chi connectivity index (χ2v) is 3.93. The zero-order chi connectivity index (χ0) is 14.0. The number of pyridine rings is 2. The SMILES string of the molecule is CCOC(=O)c1c(N)c2cccnc2n(CC)c1=O. The molecule has 6 heteroatoms. The zero-order valence-electron chi connectivity index (χ0n) is 10.8. The maximum atomic E-state index is 12.3. The third-order valence-electron chi connectivity index (χ3n) is 2.86. The predicted octanol–water partition coefficient (Wildman–Crippen LogP) is 1.18. The molecule has 0 aromatic carbocycles. The summed E-state index contributed by atoms with van der Waals surface area (Å²) in [5.41, 5.74) is 5.93. The first-order chi connectivity index (χ1) is 9.11. The van der Waals surface area contributed by atoms with Crippen LogP contribution in [0.2, 0.25) is 0 Å². The van der Waals surface area contributed by atoms with Crippen LogP contribution in [0, 0.1) is 0 Å². The van der Waals surface area contributed by atoms with E-state index in [4.69, 9.17) is 10.5 Å². The molecule has 0 spiro atoms. The first-order valence-corrected chi connectivity index (χ1v) is 6.05. The molecular formula is C13H15N3O3. The maximum absolute atomic E-state index is 12.3. The summed E-state index contributed by atoms with van der Waals surface area (Å²) in [6.45, 7) is 4.07. The number of aryl methyl sites for hydroxylation is 1. The maximum Gasteiger partial charge on any atom is 0.345 e. The number of nitrogens with zero attached hydrogens (tertiary/aromatic N) is 2. The number of fused-ring (bicyclic) bond motifs is 1. The van der Waals surface area contributed by atoms with E-state index >= 15 is 0 Å². The van der Waals surface area contributed by atoms with E-state index in [1.165, 1.54) is 4.57 Å².